The molecule has 0 aromatic carbocycles. The van der Waals surface area contributed by atoms with E-state index in [0.29, 0.717) is 12.1 Å². The van der Waals surface area contributed by atoms with Gasteiger partial charge in [0.25, 0.3) is 0 Å². The zero-order chi connectivity index (χ0) is 16.9. The highest BCUT2D eigenvalue weighted by Gasteiger charge is 2.36. The number of amides is 2. The summed E-state index contributed by atoms with van der Waals surface area (Å²) in [4.78, 5) is 25.0. The Morgan fingerprint density at radius 2 is 1.92 bits per heavy atom. The van der Waals surface area contributed by atoms with Crippen molar-refractivity contribution in [2.24, 2.45) is 11.8 Å². The molecule has 6 heteroatoms. The van der Waals surface area contributed by atoms with E-state index in [4.69, 9.17) is 4.42 Å². The lowest BCUT2D eigenvalue weighted by atomic mass is 9.80. The zero-order valence-electron chi connectivity index (χ0n) is 14.2. The van der Waals surface area contributed by atoms with Gasteiger partial charge in [0.2, 0.25) is 11.8 Å². The van der Waals surface area contributed by atoms with E-state index in [0.717, 1.165) is 38.5 Å². The monoisotopic (exact) mass is 333 g/mol. The van der Waals surface area contributed by atoms with E-state index in [1.807, 2.05) is 7.05 Å². The number of nitrogens with one attached hydrogen (secondary N) is 3. The summed E-state index contributed by atoms with van der Waals surface area (Å²) in [7, 11) is 1.89. The lowest BCUT2D eigenvalue weighted by Crippen LogP contribution is -2.50. The van der Waals surface area contributed by atoms with Gasteiger partial charge in [-0.3, -0.25) is 9.59 Å². The molecular formula is C18H27N3O3. The highest BCUT2D eigenvalue weighted by Crippen LogP contribution is 2.29. The Kier molecular flexibility index (Phi) is 5.56. The van der Waals surface area contributed by atoms with Crippen LogP contribution in [0, 0.1) is 11.8 Å². The van der Waals surface area contributed by atoms with Crippen LogP contribution in [0.25, 0.3) is 0 Å². The minimum atomic E-state index is -0.160. The Labute approximate surface area is 142 Å². The Morgan fingerprint density at radius 3 is 2.58 bits per heavy atom. The molecular weight excluding hydrogens is 306 g/mol. The van der Waals surface area contributed by atoms with Gasteiger partial charge in [-0.25, -0.2) is 0 Å². The highest BCUT2D eigenvalue weighted by atomic mass is 16.3. The van der Waals surface area contributed by atoms with Crippen LogP contribution in [0.5, 0.6) is 0 Å². The molecule has 6 nitrogen and oxygen atoms in total. The van der Waals surface area contributed by atoms with Crippen molar-refractivity contribution in [2.45, 2.75) is 57.0 Å². The molecule has 2 fully saturated rings. The molecule has 1 aromatic rings. The van der Waals surface area contributed by atoms with Crippen LogP contribution >= 0.6 is 0 Å². The van der Waals surface area contributed by atoms with Crippen molar-refractivity contribution in [1.82, 2.24) is 10.6 Å². The Balaban J connectivity index is 1.58. The third kappa shape index (κ3) is 3.98. The molecule has 1 heterocycles. The number of hydrogen-bond acceptors (Lipinski definition) is 4. The quantitative estimate of drug-likeness (QED) is 0.772. The summed E-state index contributed by atoms with van der Waals surface area (Å²) in [6, 6.07) is 1.95. The summed E-state index contributed by atoms with van der Waals surface area (Å²) in [5.41, 5.74) is 0.673. The van der Waals surface area contributed by atoms with E-state index in [2.05, 4.69) is 16.0 Å². The topological polar surface area (TPSA) is 83.4 Å². The predicted octanol–water partition coefficient (Wildman–Crippen LogP) is 2.28. The fourth-order valence-electron chi connectivity index (χ4n) is 4.01. The first-order valence-corrected chi connectivity index (χ1v) is 8.98. The molecule has 2 aliphatic carbocycles. The third-order valence-corrected chi connectivity index (χ3v) is 5.42. The summed E-state index contributed by atoms with van der Waals surface area (Å²) < 4.78 is 5.00. The summed E-state index contributed by atoms with van der Waals surface area (Å²) in [5, 5.41) is 9.33. The second kappa shape index (κ2) is 7.83. The van der Waals surface area contributed by atoms with Crippen LogP contribution in [0.3, 0.4) is 0 Å². The average Bonchev–Trinajstić information content (AvgIpc) is 3.28. The predicted molar refractivity (Wildman–Crippen MR) is 91.4 cm³/mol. The fourth-order valence-corrected chi connectivity index (χ4v) is 4.01. The van der Waals surface area contributed by atoms with Gasteiger partial charge >= 0.3 is 0 Å². The average molecular weight is 333 g/mol. The van der Waals surface area contributed by atoms with Gasteiger partial charge in [-0.2, -0.15) is 0 Å². The van der Waals surface area contributed by atoms with Crippen LogP contribution in [-0.2, 0) is 9.59 Å². The van der Waals surface area contributed by atoms with Crippen molar-refractivity contribution in [3.63, 3.8) is 0 Å². The van der Waals surface area contributed by atoms with Gasteiger partial charge in [0.05, 0.1) is 17.9 Å². The molecule has 2 aliphatic rings. The number of anilines is 1. The van der Waals surface area contributed by atoms with Gasteiger partial charge in [-0.15, -0.1) is 0 Å². The van der Waals surface area contributed by atoms with Crippen molar-refractivity contribution in [3.8, 4) is 0 Å². The van der Waals surface area contributed by atoms with E-state index in [9.17, 15) is 9.59 Å². The summed E-state index contributed by atoms with van der Waals surface area (Å²) in [6.45, 7) is 0. The van der Waals surface area contributed by atoms with Crippen molar-refractivity contribution in [3.05, 3.63) is 18.6 Å². The number of carbonyl (C=O) groups is 2. The lowest BCUT2D eigenvalue weighted by molar-refractivity contribution is -0.127. The highest BCUT2D eigenvalue weighted by molar-refractivity contribution is 5.93. The maximum absolute atomic E-state index is 12.6. The zero-order valence-corrected chi connectivity index (χ0v) is 14.2. The lowest BCUT2D eigenvalue weighted by Gasteiger charge is -2.35. The molecule has 3 atom stereocenters. The van der Waals surface area contributed by atoms with Gasteiger partial charge in [0, 0.05) is 18.0 Å². The minimum absolute atomic E-state index is 0.0180. The minimum Gasteiger partial charge on any atom is -0.470 e. The molecule has 0 saturated heterocycles. The largest absolute Gasteiger partial charge is 0.470 e. The molecule has 3 N–H and O–H groups in total. The molecule has 3 rings (SSSR count). The Morgan fingerprint density at radius 1 is 1.12 bits per heavy atom. The second-order valence-corrected chi connectivity index (χ2v) is 7.00. The molecule has 2 amide bonds. The van der Waals surface area contributed by atoms with Crippen LogP contribution in [0.4, 0.5) is 5.69 Å². The van der Waals surface area contributed by atoms with E-state index in [1.165, 1.54) is 12.5 Å². The smallest absolute Gasteiger partial charge is 0.229 e. The van der Waals surface area contributed by atoms with Crippen molar-refractivity contribution in [1.29, 1.82) is 0 Å². The molecule has 132 valence electrons. The van der Waals surface area contributed by atoms with Crippen LogP contribution in [0.15, 0.2) is 23.0 Å². The molecule has 3 unspecified atom stereocenters. The van der Waals surface area contributed by atoms with E-state index in [1.54, 1.807) is 6.07 Å². The molecule has 0 spiro atoms. The fraction of sp³-hybridized carbons (Fsp3) is 0.667. The second-order valence-electron chi connectivity index (χ2n) is 7.00. The standard InChI is InChI=1S/C18H27N3O3/c1-19-16-7-6-13(20-17(22)12-4-2-3-5-12)10-15(16)18(23)21-14-8-9-24-11-14/h8-9,11-13,15-16,19H,2-7,10H2,1H3,(H,20,22)(H,21,23). The molecule has 24 heavy (non-hydrogen) atoms. The summed E-state index contributed by atoms with van der Waals surface area (Å²) in [5.74, 6) is 0.169. The Bertz CT molecular complexity index is 552. The molecule has 0 radical (unpaired) electrons. The molecule has 0 aliphatic heterocycles. The first-order valence-electron chi connectivity index (χ1n) is 8.98. The van der Waals surface area contributed by atoms with Crippen molar-refractivity contribution >= 4 is 17.5 Å². The third-order valence-electron chi connectivity index (χ3n) is 5.42. The van der Waals surface area contributed by atoms with Crippen molar-refractivity contribution in [2.75, 3.05) is 12.4 Å². The van der Waals surface area contributed by atoms with Crippen LogP contribution in [0.1, 0.15) is 44.9 Å². The summed E-state index contributed by atoms with van der Waals surface area (Å²) in [6.07, 6.45) is 9.85. The Hall–Kier alpha value is -1.82. The number of hydrogen-bond donors (Lipinski definition) is 3. The van der Waals surface area contributed by atoms with Crippen LogP contribution in [-0.4, -0.2) is 30.9 Å². The van der Waals surface area contributed by atoms with Gasteiger partial charge in [-0.1, -0.05) is 12.8 Å². The molecule has 0 bridgehead atoms. The van der Waals surface area contributed by atoms with Gasteiger partial charge in [0.1, 0.15) is 6.26 Å². The van der Waals surface area contributed by atoms with Gasteiger partial charge < -0.3 is 20.4 Å². The number of furan rings is 1. The van der Waals surface area contributed by atoms with Crippen LogP contribution in [0.2, 0.25) is 0 Å². The van der Waals surface area contributed by atoms with Crippen LogP contribution < -0.4 is 16.0 Å². The van der Waals surface area contributed by atoms with Crippen molar-refractivity contribution < 1.29 is 14.0 Å². The number of carbonyl (C=O) groups excluding carboxylic acids is 2. The summed E-state index contributed by atoms with van der Waals surface area (Å²) >= 11 is 0. The van der Waals surface area contributed by atoms with Gasteiger partial charge in [-0.05, 0) is 45.2 Å². The SMILES string of the molecule is CNC1CCC(NC(=O)C2CCCC2)CC1C(=O)Nc1ccoc1. The number of rotatable bonds is 5. The normalized spacial score (nSPS) is 27.8. The maximum Gasteiger partial charge on any atom is 0.229 e. The van der Waals surface area contributed by atoms with E-state index < -0.39 is 0 Å². The van der Waals surface area contributed by atoms with Gasteiger partial charge in [0.15, 0.2) is 0 Å². The van der Waals surface area contributed by atoms with E-state index >= 15 is 0 Å². The van der Waals surface area contributed by atoms with E-state index in [-0.39, 0.29) is 35.7 Å². The maximum atomic E-state index is 12.6. The molecule has 2 saturated carbocycles. The first kappa shape index (κ1) is 17.0. The first-order chi connectivity index (χ1) is 11.7. The molecule has 1 aromatic heterocycles.